The highest BCUT2D eigenvalue weighted by Crippen LogP contribution is 2.21. The van der Waals surface area contributed by atoms with Crippen LogP contribution in [-0.2, 0) is 4.79 Å². The highest BCUT2D eigenvalue weighted by Gasteiger charge is 2.13. The second-order valence-corrected chi connectivity index (χ2v) is 8.63. The number of hydrogen-bond donors (Lipinski definition) is 1. The first-order valence-corrected chi connectivity index (χ1v) is 11.9. The molecule has 35 heavy (non-hydrogen) atoms. The predicted molar refractivity (Wildman–Crippen MR) is 135 cm³/mol. The molecule has 0 bridgehead atoms. The van der Waals surface area contributed by atoms with Gasteiger partial charge in [0, 0.05) is 10.7 Å². The summed E-state index contributed by atoms with van der Waals surface area (Å²) < 4.78 is 7.23. The third kappa shape index (κ3) is 6.56. The number of benzene rings is 3. The van der Waals surface area contributed by atoms with E-state index >= 15 is 0 Å². The molecule has 1 N–H and O–H groups in total. The van der Waals surface area contributed by atoms with Crippen LogP contribution in [-0.4, -0.2) is 38.6 Å². The number of nitrogens with one attached hydrogen (secondary N) is 1. The molecule has 0 aliphatic rings. The molecule has 1 heterocycles. The molecule has 176 valence electrons. The van der Waals surface area contributed by atoms with Gasteiger partial charge < -0.3 is 4.74 Å². The molecule has 0 saturated carbocycles. The number of hydrogen-bond acceptors (Lipinski definition) is 7. The van der Waals surface area contributed by atoms with E-state index in [1.54, 1.807) is 48.5 Å². The smallest absolute Gasteiger partial charge is 0.343 e. The number of carbonyl (C=O) groups is 2. The third-order valence-corrected chi connectivity index (χ3v) is 5.86. The number of aromatic nitrogens is 3. The number of nitrogens with zero attached hydrogens (tertiary/aromatic N) is 4. The minimum absolute atomic E-state index is 0.126. The Bertz CT molecular complexity index is 1360. The Labute approximate surface area is 211 Å². The number of hydrazone groups is 1. The van der Waals surface area contributed by atoms with E-state index in [0.717, 1.165) is 17.1 Å². The number of para-hydroxylation sites is 1. The summed E-state index contributed by atoms with van der Waals surface area (Å²) in [5.74, 6) is 0.459. The van der Waals surface area contributed by atoms with Crippen LogP contribution in [0, 0.1) is 6.92 Å². The lowest BCUT2D eigenvalue weighted by Crippen LogP contribution is -2.20. The first-order valence-electron chi connectivity index (χ1n) is 10.5. The molecule has 10 heteroatoms. The van der Waals surface area contributed by atoms with Crippen molar-refractivity contribution in [3.05, 3.63) is 101 Å². The lowest BCUT2D eigenvalue weighted by atomic mass is 10.2. The Hall–Kier alpha value is -3.95. The van der Waals surface area contributed by atoms with Gasteiger partial charge in [-0.3, -0.25) is 9.36 Å². The minimum Gasteiger partial charge on any atom is -0.423 e. The van der Waals surface area contributed by atoms with Crippen molar-refractivity contribution in [2.24, 2.45) is 5.10 Å². The number of aryl methyl sites for hydroxylation is 1. The fourth-order valence-corrected chi connectivity index (χ4v) is 4.04. The van der Waals surface area contributed by atoms with E-state index in [4.69, 9.17) is 16.3 Å². The lowest BCUT2D eigenvalue weighted by molar-refractivity contribution is -0.118. The van der Waals surface area contributed by atoms with Crippen LogP contribution in [0.15, 0.2) is 89.1 Å². The second kappa shape index (κ2) is 11.5. The van der Waals surface area contributed by atoms with E-state index in [1.807, 2.05) is 41.8 Å². The number of ether oxygens (including phenoxy) is 1. The molecule has 0 spiro atoms. The van der Waals surface area contributed by atoms with E-state index in [9.17, 15) is 9.59 Å². The zero-order valence-corrected chi connectivity index (χ0v) is 20.2. The Morgan fingerprint density at radius 3 is 2.57 bits per heavy atom. The summed E-state index contributed by atoms with van der Waals surface area (Å²) >= 11 is 7.18. The van der Waals surface area contributed by atoms with Crippen LogP contribution in [0.1, 0.15) is 21.7 Å². The molecule has 0 aliphatic carbocycles. The van der Waals surface area contributed by atoms with Crippen molar-refractivity contribution >= 4 is 41.5 Å². The fourth-order valence-electron chi connectivity index (χ4n) is 3.06. The van der Waals surface area contributed by atoms with E-state index < -0.39 is 5.97 Å². The van der Waals surface area contributed by atoms with Gasteiger partial charge in [-0.25, -0.2) is 10.2 Å². The van der Waals surface area contributed by atoms with Crippen molar-refractivity contribution in [1.29, 1.82) is 0 Å². The first kappa shape index (κ1) is 24.2. The second-order valence-electron chi connectivity index (χ2n) is 7.25. The number of rotatable bonds is 8. The van der Waals surface area contributed by atoms with Gasteiger partial charge in [0.25, 0.3) is 5.91 Å². The van der Waals surface area contributed by atoms with E-state index in [-0.39, 0.29) is 11.7 Å². The maximum Gasteiger partial charge on any atom is 0.343 e. The molecular formula is C25H20ClN5O3S. The zero-order chi connectivity index (χ0) is 24.6. The highest BCUT2D eigenvalue weighted by atomic mass is 35.5. The van der Waals surface area contributed by atoms with Gasteiger partial charge >= 0.3 is 5.97 Å². The number of carbonyl (C=O) groups excluding carboxylic acids is 2. The van der Waals surface area contributed by atoms with Crippen molar-refractivity contribution in [3.8, 4) is 11.4 Å². The quantitative estimate of drug-likeness (QED) is 0.123. The molecule has 0 unspecified atom stereocenters. The molecule has 0 aliphatic heterocycles. The Kier molecular flexibility index (Phi) is 7.92. The Morgan fingerprint density at radius 2 is 1.83 bits per heavy atom. The molecule has 1 amide bonds. The van der Waals surface area contributed by atoms with Crippen LogP contribution in [0.4, 0.5) is 0 Å². The van der Waals surface area contributed by atoms with Gasteiger partial charge in [0.05, 0.1) is 17.5 Å². The first-order chi connectivity index (χ1) is 17.0. The van der Waals surface area contributed by atoms with Crippen molar-refractivity contribution < 1.29 is 14.3 Å². The topological polar surface area (TPSA) is 98.5 Å². The van der Waals surface area contributed by atoms with Gasteiger partial charge in [-0.1, -0.05) is 47.6 Å². The van der Waals surface area contributed by atoms with Gasteiger partial charge in [-0.15, -0.1) is 10.2 Å². The summed E-state index contributed by atoms with van der Waals surface area (Å²) in [4.78, 5) is 24.4. The van der Waals surface area contributed by atoms with Crippen LogP contribution in [0.3, 0.4) is 0 Å². The average Bonchev–Trinajstić information content (AvgIpc) is 3.24. The lowest BCUT2D eigenvalue weighted by Gasteiger charge is -2.07. The number of thioether (sulfide) groups is 1. The van der Waals surface area contributed by atoms with Crippen LogP contribution < -0.4 is 10.2 Å². The summed E-state index contributed by atoms with van der Waals surface area (Å²) in [7, 11) is 0. The normalized spacial score (nSPS) is 10.9. The van der Waals surface area contributed by atoms with Gasteiger partial charge in [0.15, 0.2) is 5.16 Å². The van der Waals surface area contributed by atoms with Gasteiger partial charge in [0.1, 0.15) is 11.6 Å². The summed E-state index contributed by atoms with van der Waals surface area (Å²) in [6.07, 6.45) is 1.50. The molecule has 0 fully saturated rings. The highest BCUT2D eigenvalue weighted by molar-refractivity contribution is 7.99. The Morgan fingerprint density at radius 1 is 1.06 bits per heavy atom. The summed E-state index contributed by atoms with van der Waals surface area (Å²) in [5, 5.41) is 13.3. The van der Waals surface area contributed by atoms with E-state index in [2.05, 4.69) is 20.7 Å². The van der Waals surface area contributed by atoms with E-state index in [1.165, 1.54) is 18.0 Å². The van der Waals surface area contributed by atoms with Crippen molar-refractivity contribution in [1.82, 2.24) is 20.2 Å². The van der Waals surface area contributed by atoms with Crippen LogP contribution in [0.2, 0.25) is 5.02 Å². The molecule has 4 rings (SSSR count). The SMILES string of the molecule is Cc1nnc(SCC(=O)N/N=C\c2ccc(OC(=O)c3cccc(Cl)c3)cc2)n1-c1ccccc1. The number of halogens is 1. The molecular weight excluding hydrogens is 486 g/mol. The fraction of sp³-hybridized carbons (Fsp3) is 0.0800. The largest absolute Gasteiger partial charge is 0.423 e. The van der Waals surface area contributed by atoms with Gasteiger partial charge in [0.2, 0.25) is 0 Å². The zero-order valence-electron chi connectivity index (χ0n) is 18.6. The van der Waals surface area contributed by atoms with Crippen LogP contribution >= 0.6 is 23.4 Å². The van der Waals surface area contributed by atoms with Gasteiger partial charge in [-0.05, 0) is 67.1 Å². The summed E-state index contributed by atoms with van der Waals surface area (Å²) in [5.41, 5.74) is 4.51. The van der Waals surface area contributed by atoms with Crippen molar-refractivity contribution in [2.75, 3.05) is 5.75 Å². The molecule has 0 radical (unpaired) electrons. The average molecular weight is 506 g/mol. The van der Waals surface area contributed by atoms with Crippen molar-refractivity contribution in [3.63, 3.8) is 0 Å². The third-order valence-electron chi connectivity index (χ3n) is 4.70. The maximum absolute atomic E-state index is 12.2. The summed E-state index contributed by atoms with van der Waals surface area (Å²) in [6, 6.07) is 22.9. The number of esters is 1. The monoisotopic (exact) mass is 505 g/mol. The molecule has 0 saturated heterocycles. The van der Waals surface area contributed by atoms with Crippen LogP contribution in [0.25, 0.3) is 5.69 Å². The standard InChI is InChI=1S/C25H20ClN5O3S/c1-17-28-30-25(31(17)21-8-3-2-4-9-21)35-16-23(32)29-27-15-18-10-12-22(13-11-18)34-24(33)19-6-5-7-20(26)14-19/h2-15H,16H2,1H3,(H,29,32)/b27-15-. The predicted octanol–water partition coefficient (Wildman–Crippen LogP) is 4.69. The summed E-state index contributed by atoms with van der Waals surface area (Å²) in [6.45, 7) is 1.86. The van der Waals surface area contributed by atoms with Crippen molar-refractivity contribution in [2.45, 2.75) is 12.1 Å². The van der Waals surface area contributed by atoms with Crippen LogP contribution in [0.5, 0.6) is 5.75 Å². The molecule has 0 atom stereocenters. The molecule has 8 nitrogen and oxygen atoms in total. The maximum atomic E-state index is 12.2. The van der Waals surface area contributed by atoms with E-state index in [0.29, 0.717) is 21.5 Å². The molecule has 1 aromatic heterocycles. The van der Waals surface area contributed by atoms with Gasteiger partial charge in [-0.2, -0.15) is 5.10 Å². The Balaban J connectivity index is 1.27. The molecule has 4 aromatic rings. The molecule has 3 aromatic carbocycles. The minimum atomic E-state index is -0.503. The number of amides is 1.